The third-order valence-corrected chi connectivity index (χ3v) is 5.18. The Balaban J connectivity index is 1.62. The smallest absolute Gasteiger partial charge is 0.183 e. The molecule has 3 nitrogen and oxygen atoms in total. The van der Waals surface area contributed by atoms with Gasteiger partial charge in [-0.15, -0.1) is 11.3 Å². The van der Waals surface area contributed by atoms with Gasteiger partial charge in [-0.3, -0.25) is 0 Å². The monoisotopic (exact) mass is 356 g/mol. The average molecular weight is 357 g/mol. The van der Waals surface area contributed by atoms with Gasteiger partial charge in [-0.2, -0.15) is 0 Å². The van der Waals surface area contributed by atoms with Crippen molar-refractivity contribution in [2.24, 2.45) is 11.8 Å². The first-order valence-electron chi connectivity index (χ1n) is 9.21. The maximum Gasteiger partial charge on any atom is 0.183 e. The van der Waals surface area contributed by atoms with Crippen LogP contribution in [0.1, 0.15) is 44.0 Å². The van der Waals surface area contributed by atoms with Crippen LogP contribution in [0.4, 0.5) is 5.13 Å². The van der Waals surface area contributed by atoms with Crippen LogP contribution in [0.3, 0.4) is 0 Å². The van der Waals surface area contributed by atoms with E-state index in [0.717, 1.165) is 42.3 Å². The first-order chi connectivity index (χ1) is 12.0. The fourth-order valence-corrected chi connectivity index (χ4v) is 4.22. The van der Waals surface area contributed by atoms with Gasteiger partial charge in [0.15, 0.2) is 5.13 Å². The van der Waals surface area contributed by atoms with Crippen LogP contribution in [-0.2, 0) is 19.3 Å². The molecule has 2 aromatic heterocycles. The quantitative estimate of drug-likeness (QED) is 0.543. The summed E-state index contributed by atoms with van der Waals surface area (Å²) in [5.41, 5.74) is 2.24. The number of benzene rings is 1. The van der Waals surface area contributed by atoms with Crippen molar-refractivity contribution in [3.8, 4) is 0 Å². The Labute approximate surface area is 154 Å². The SMILES string of the molecule is CC(C)Cc1nc(NCCc2cc3ccccc3o2)sc1CC(C)C. The molecule has 0 aliphatic carbocycles. The van der Waals surface area contributed by atoms with Crippen molar-refractivity contribution in [2.45, 2.75) is 47.0 Å². The molecule has 1 N–H and O–H groups in total. The van der Waals surface area contributed by atoms with Gasteiger partial charge in [0.2, 0.25) is 0 Å². The minimum atomic E-state index is 0.636. The number of furan rings is 1. The number of anilines is 1. The second kappa shape index (κ2) is 8.05. The van der Waals surface area contributed by atoms with E-state index in [1.165, 1.54) is 16.0 Å². The highest BCUT2D eigenvalue weighted by Gasteiger charge is 2.14. The van der Waals surface area contributed by atoms with E-state index < -0.39 is 0 Å². The van der Waals surface area contributed by atoms with E-state index >= 15 is 0 Å². The van der Waals surface area contributed by atoms with Crippen LogP contribution in [0.2, 0.25) is 0 Å². The summed E-state index contributed by atoms with van der Waals surface area (Å²) in [5, 5.41) is 5.71. The molecule has 0 bridgehead atoms. The van der Waals surface area contributed by atoms with E-state index in [2.05, 4.69) is 45.1 Å². The van der Waals surface area contributed by atoms with Crippen LogP contribution >= 0.6 is 11.3 Å². The largest absolute Gasteiger partial charge is 0.461 e. The first-order valence-corrected chi connectivity index (χ1v) is 10.0. The van der Waals surface area contributed by atoms with Crippen LogP contribution in [0, 0.1) is 11.8 Å². The van der Waals surface area contributed by atoms with Crippen LogP contribution < -0.4 is 5.32 Å². The first kappa shape index (κ1) is 18.0. The average Bonchev–Trinajstić information content (AvgIpc) is 3.10. The third-order valence-electron chi connectivity index (χ3n) is 4.10. The number of thiazole rings is 1. The molecule has 0 saturated heterocycles. The van der Waals surface area contributed by atoms with Crippen molar-refractivity contribution >= 4 is 27.4 Å². The number of para-hydroxylation sites is 1. The Morgan fingerprint density at radius 2 is 1.84 bits per heavy atom. The molecule has 1 aromatic carbocycles. The van der Waals surface area contributed by atoms with Crippen molar-refractivity contribution in [3.63, 3.8) is 0 Å². The highest BCUT2D eigenvalue weighted by Crippen LogP contribution is 2.28. The van der Waals surface area contributed by atoms with Gasteiger partial charge < -0.3 is 9.73 Å². The molecular formula is C21H28N2OS. The molecule has 4 heteroatoms. The van der Waals surface area contributed by atoms with Crippen molar-refractivity contribution in [3.05, 3.63) is 46.7 Å². The summed E-state index contributed by atoms with van der Waals surface area (Å²) in [6, 6.07) is 10.3. The number of nitrogens with one attached hydrogen (secondary N) is 1. The molecule has 0 aliphatic rings. The van der Waals surface area contributed by atoms with Crippen LogP contribution in [0.5, 0.6) is 0 Å². The fraction of sp³-hybridized carbons (Fsp3) is 0.476. The summed E-state index contributed by atoms with van der Waals surface area (Å²) in [5.74, 6) is 2.32. The lowest BCUT2D eigenvalue weighted by Gasteiger charge is -2.06. The zero-order valence-electron chi connectivity index (χ0n) is 15.6. The molecule has 3 aromatic rings. The summed E-state index contributed by atoms with van der Waals surface area (Å²) < 4.78 is 5.88. The molecular weight excluding hydrogens is 328 g/mol. The van der Waals surface area contributed by atoms with E-state index in [1.54, 1.807) is 0 Å². The second-order valence-electron chi connectivity index (χ2n) is 7.51. The van der Waals surface area contributed by atoms with Gasteiger partial charge in [0, 0.05) is 23.2 Å². The molecule has 0 radical (unpaired) electrons. The summed E-state index contributed by atoms with van der Waals surface area (Å²) in [7, 11) is 0. The Morgan fingerprint density at radius 1 is 1.08 bits per heavy atom. The zero-order valence-corrected chi connectivity index (χ0v) is 16.5. The normalized spacial score (nSPS) is 11.8. The van der Waals surface area contributed by atoms with Crippen LogP contribution in [0.25, 0.3) is 11.0 Å². The Kier molecular flexibility index (Phi) is 5.79. The number of fused-ring (bicyclic) bond motifs is 1. The highest BCUT2D eigenvalue weighted by molar-refractivity contribution is 7.15. The predicted octanol–water partition coefficient (Wildman–Crippen LogP) is 5.94. The molecule has 0 atom stereocenters. The Morgan fingerprint density at radius 3 is 2.56 bits per heavy atom. The summed E-state index contributed by atoms with van der Waals surface area (Å²) in [4.78, 5) is 6.29. The van der Waals surface area contributed by atoms with E-state index in [0.29, 0.717) is 11.8 Å². The van der Waals surface area contributed by atoms with Gasteiger partial charge in [-0.1, -0.05) is 45.9 Å². The molecule has 134 valence electrons. The number of hydrogen-bond donors (Lipinski definition) is 1. The Bertz CT molecular complexity index is 756. The van der Waals surface area contributed by atoms with E-state index in [-0.39, 0.29) is 0 Å². The minimum absolute atomic E-state index is 0.636. The number of hydrogen-bond acceptors (Lipinski definition) is 4. The van der Waals surface area contributed by atoms with Gasteiger partial charge in [-0.25, -0.2) is 4.98 Å². The second-order valence-corrected chi connectivity index (χ2v) is 8.60. The van der Waals surface area contributed by atoms with Crippen molar-refractivity contribution < 1.29 is 4.42 Å². The standard InChI is InChI=1S/C21H28N2OS/c1-14(2)11-18-20(12-15(3)4)25-21(23-18)22-10-9-17-13-16-7-5-6-8-19(16)24-17/h5-8,13-15H,9-12H2,1-4H3,(H,22,23). The molecule has 0 fully saturated rings. The molecule has 3 rings (SSSR count). The lowest BCUT2D eigenvalue weighted by Crippen LogP contribution is -2.04. The molecule has 2 heterocycles. The lowest BCUT2D eigenvalue weighted by molar-refractivity contribution is 0.553. The van der Waals surface area contributed by atoms with Crippen LogP contribution in [0.15, 0.2) is 34.7 Å². The number of rotatable bonds is 8. The van der Waals surface area contributed by atoms with E-state index in [4.69, 9.17) is 9.40 Å². The fourth-order valence-electron chi connectivity index (χ4n) is 2.99. The molecule has 0 spiro atoms. The molecule has 0 amide bonds. The molecule has 25 heavy (non-hydrogen) atoms. The van der Waals surface area contributed by atoms with Gasteiger partial charge in [-0.05, 0) is 36.8 Å². The number of aromatic nitrogens is 1. The predicted molar refractivity (Wildman–Crippen MR) is 108 cm³/mol. The topological polar surface area (TPSA) is 38.1 Å². The molecule has 0 saturated carbocycles. The van der Waals surface area contributed by atoms with Crippen LogP contribution in [-0.4, -0.2) is 11.5 Å². The third kappa shape index (κ3) is 4.85. The molecule has 0 unspecified atom stereocenters. The lowest BCUT2D eigenvalue weighted by atomic mass is 10.0. The van der Waals surface area contributed by atoms with Gasteiger partial charge in [0.1, 0.15) is 11.3 Å². The highest BCUT2D eigenvalue weighted by atomic mass is 32.1. The summed E-state index contributed by atoms with van der Waals surface area (Å²) in [6.07, 6.45) is 3.04. The van der Waals surface area contributed by atoms with Gasteiger partial charge >= 0.3 is 0 Å². The van der Waals surface area contributed by atoms with E-state index in [1.807, 2.05) is 29.5 Å². The summed E-state index contributed by atoms with van der Waals surface area (Å²) in [6.45, 7) is 9.90. The minimum Gasteiger partial charge on any atom is -0.461 e. The van der Waals surface area contributed by atoms with Gasteiger partial charge in [0.25, 0.3) is 0 Å². The zero-order chi connectivity index (χ0) is 17.8. The summed E-state index contributed by atoms with van der Waals surface area (Å²) >= 11 is 1.82. The van der Waals surface area contributed by atoms with Crippen molar-refractivity contribution in [2.75, 3.05) is 11.9 Å². The molecule has 0 aliphatic heterocycles. The number of nitrogens with zero attached hydrogens (tertiary/aromatic N) is 1. The maximum atomic E-state index is 5.88. The maximum absolute atomic E-state index is 5.88. The van der Waals surface area contributed by atoms with Gasteiger partial charge in [0.05, 0.1) is 5.69 Å². The van der Waals surface area contributed by atoms with Crippen molar-refractivity contribution in [1.29, 1.82) is 0 Å². The van der Waals surface area contributed by atoms with Crippen molar-refractivity contribution in [1.82, 2.24) is 4.98 Å². The Hall–Kier alpha value is -1.81. The van der Waals surface area contributed by atoms with E-state index in [9.17, 15) is 0 Å².